The molecular formula is C32H36N4O9. The number of aliphatic carboxylic acids is 2. The van der Waals surface area contributed by atoms with Crippen molar-refractivity contribution in [3.8, 4) is 11.5 Å². The van der Waals surface area contributed by atoms with Gasteiger partial charge in [0.2, 0.25) is 17.7 Å². The minimum atomic E-state index is -1.45. The standard InChI is InChI=1S/C32H36N4O9/c33-24(16-20-6-10-22(37)11-7-20)29(41)35-26(17-21-8-12-23(38)13-9-21)31(43)34-25(14-15-28(39)40)30(42)36-27(32(44)45)18-19-4-2-1-3-5-19/h1-13,24-27,37-38H,14-18,33H2,(H,34,43)(H,35,41)(H,36,42)(H,39,40)(H,44,45). The summed E-state index contributed by atoms with van der Waals surface area (Å²) in [6, 6.07) is 15.3. The number of amides is 3. The van der Waals surface area contributed by atoms with Gasteiger partial charge in [0, 0.05) is 19.3 Å². The molecule has 0 aliphatic heterocycles. The average Bonchev–Trinajstić information content (AvgIpc) is 3.00. The molecule has 0 aromatic heterocycles. The number of nitrogens with one attached hydrogen (secondary N) is 3. The normalized spacial score (nSPS) is 13.4. The molecule has 45 heavy (non-hydrogen) atoms. The van der Waals surface area contributed by atoms with Gasteiger partial charge in [-0.15, -0.1) is 0 Å². The average molecular weight is 621 g/mol. The van der Waals surface area contributed by atoms with E-state index in [1.807, 2.05) is 0 Å². The van der Waals surface area contributed by atoms with E-state index >= 15 is 0 Å². The Hall–Kier alpha value is -5.43. The summed E-state index contributed by atoms with van der Waals surface area (Å²) in [6.07, 6.45) is -0.920. The van der Waals surface area contributed by atoms with Gasteiger partial charge in [0.05, 0.1) is 6.04 Å². The Morgan fingerprint density at radius 1 is 0.578 bits per heavy atom. The van der Waals surface area contributed by atoms with E-state index in [1.165, 1.54) is 36.4 Å². The Kier molecular flexibility index (Phi) is 12.4. The van der Waals surface area contributed by atoms with Gasteiger partial charge < -0.3 is 42.1 Å². The van der Waals surface area contributed by atoms with Gasteiger partial charge in [0.1, 0.15) is 29.6 Å². The van der Waals surface area contributed by atoms with Gasteiger partial charge in [-0.3, -0.25) is 19.2 Å². The van der Waals surface area contributed by atoms with Crippen LogP contribution in [0.2, 0.25) is 0 Å². The van der Waals surface area contributed by atoms with Crippen molar-refractivity contribution < 1.29 is 44.4 Å². The van der Waals surface area contributed by atoms with Gasteiger partial charge in [0.15, 0.2) is 0 Å². The first-order chi connectivity index (χ1) is 21.4. The molecule has 3 amide bonds. The molecule has 0 fully saturated rings. The second kappa shape index (κ2) is 16.4. The molecule has 0 aliphatic carbocycles. The van der Waals surface area contributed by atoms with E-state index in [0.717, 1.165) is 0 Å². The fourth-order valence-electron chi connectivity index (χ4n) is 4.47. The summed E-state index contributed by atoms with van der Waals surface area (Å²) in [4.78, 5) is 63.1. The van der Waals surface area contributed by atoms with E-state index in [4.69, 9.17) is 5.73 Å². The van der Waals surface area contributed by atoms with Crippen LogP contribution in [0.25, 0.3) is 0 Å². The van der Waals surface area contributed by atoms with Crippen LogP contribution in [-0.2, 0) is 43.2 Å². The van der Waals surface area contributed by atoms with Gasteiger partial charge in [-0.25, -0.2) is 4.79 Å². The Morgan fingerprint density at radius 2 is 1.02 bits per heavy atom. The van der Waals surface area contributed by atoms with Crippen LogP contribution in [0.3, 0.4) is 0 Å². The van der Waals surface area contributed by atoms with E-state index < -0.39 is 60.2 Å². The van der Waals surface area contributed by atoms with Gasteiger partial charge in [-0.2, -0.15) is 0 Å². The van der Waals surface area contributed by atoms with Crippen molar-refractivity contribution in [2.45, 2.75) is 56.3 Å². The third-order valence-electron chi connectivity index (χ3n) is 6.91. The summed E-state index contributed by atoms with van der Waals surface area (Å²) in [5.74, 6) is -4.99. The van der Waals surface area contributed by atoms with Crippen LogP contribution in [0.5, 0.6) is 11.5 Å². The fourth-order valence-corrected chi connectivity index (χ4v) is 4.47. The topological polar surface area (TPSA) is 228 Å². The number of carbonyl (C=O) groups excluding carboxylic acids is 3. The van der Waals surface area contributed by atoms with Crippen molar-refractivity contribution in [2.24, 2.45) is 5.73 Å². The molecule has 0 radical (unpaired) electrons. The fraction of sp³-hybridized carbons (Fsp3) is 0.281. The summed E-state index contributed by atoms with van der Waals surface area (Å²) in [6.45, 7) is 0. The number of rotatable bonds is 16. The maximum Gasteiger partial charge on any atom is 0.326 e. The molecule has 238 valence electrons. The Morgan fingerprint density at radius 3 is 1.56 bits per heavy atom. The monoisotopic (exact) mass is 620 g/mol. The third-order valence-corrected chi connectivity index (χ3v) is 6.91. The molecule has 4 unspecified atom stereocenters. The lowest BCUT2D eigenvalue weighted by atomic mass is 10.0. The molecule has 4 atom stereocenters. The highest BCUT2D eigenvalue weighted by molar-refractivity contribution is 5.94. The van der Waals surface area contributed by atoms with Gasteiger partial charge >= 0.3 is 11.9 Å². The maximum atomic E-state index is 13.6. The molecule has 3 aromatic carbocycles. The summed E-state index contributed by atoms with van der Waals surface area (Å²) in [5.41, 5.74) is 7.94. The van der Waals surface area contributed by atoms with Crippen molar-refractivity contribution in [1.29, 1.82) is 0 Å². The molecule has 0 spiro atoms. The number of carboxylic acid groups (broad SMARTS) is 2. The number of phenols is 2. The van der Waals surface area contributed by atoms with Crippen molar-refractivity contribution in [3.05, 3.63) is 95.6 Å². The van der Waals surface area contributed by atoms with Crippen molar-refractivity contribution >= 4 is 29.7 Å². The summed E-state index contributed by atoms with van der Waals surface area (Å²) < 4.78 is 0. The number of aromatic hydroxyl groups is 2. The van der Waals surface area contributed by atoms with Crippen molar-refractivity contribution in [2.75, 3.05) is 0 Å². The first-order valence-electron chi connectivity index (χ1n) is 14.1. The molecule has 0 aliphatic rings. The Labute approximate surface area is 259 Å². The Balaban J connectivity index is 1.79. The van der Waals surface area contributed by atoms with Crippen LogP contribution in [0.1, 0.15) is 29.5 Å². The zero-order valence-electron chi connectivity index (χ0n) is 24.3. The molecular weight excluding hydrogens is 584 g/mol. The predicted molar refractivity (Wildman–Crippen MR) is 162 cm³/mol. The second-order valence-electron chi connectivity index (χ2n) is 10.5. The van der Waals surface area contributed by atoms with Crippen LogP contribution >= 0.6 is 0 Å². The molecule has 3 aromatic rings. The molecule has 13 nitrogen and oxygen atoms in total. The van der Waals surface area contributed by atoms with Crippen LogP contribution in [0, 0.1) is 0 Å². The van der Waals surface area contributed by atoms with E-state index in [2.05, 4.69) is 16.0 Å². The van der Waals surface area contributed by atoms with Crippen LogP contribution in [0.4, 0.5) is 0 Å². The lowest BCUT2D eigenvalue weighted by molar-refractivity contribution is -0.143. The molecule has 0 bridgehead atoms. The molecule has 9 N–H and O–H groups in total. The maximum absolute atomic E-state index is 13.6. The second-order valence-corrected chi connectivity index (χ2v) is 10.5. The van der Waals surface area contributed by atoms with Gasteiger partial charge in [-0.1, -0.05) is 54.6 Å². The Bertz CT molecular complexity index is 1460. The first-order valence-corrected chi connectivity index (χ1v) is 14.1. The van der Waals surface area contributed by atoms with Crippen molar-refractivity contribution in [3.63, 3.8) is 0 Å². The molecule has 0 saturated carbocycles. The lowest BCUT2D eigenvalue weighted by Gasteiger charge is -2.25. The number of benzene rings is 3. The SMILES string of the molecule is NC(Cc1ccc(O)cc1)C(=O)NC(Cc1ccc(O)cc1)C(=O)NC(CCC(=O)O)C(=O)NC(Cc1ccccc1)C(=O)O. The predicted octanol–water partition coefficient (Wildman–Crippen LogP) is 0.857. The molecule has 0 saturated heterocycles. The number of hydrogen-bond donors (Lipinski definition) is 8. The van der Waals surface area contributed by atoms with Gasteiger partial charge in [-0.05, 0) is 53.8 Å². The molecule has 13 heteroatoms. The third kappa shape index (κ3) is 11.3. The number of carboxylic acids is 2. The highest BCUT2D eigenvalue weighted by Crippen LogP contribution is 2.14. The van der Waals surface area contributed by atoms with Crippen LogP contribution < -0.4 is 21.7 Å². The highest BCUT2D eigenvalue weighted by atomic mass is 16.4. The minimum absolute atomic E-state index is 0.0198. The quantitative estimate of drug-likeness (QED) is 0.113. The zero-order valence-corrected chi connectivity index (χ0v) is 24.3. The summed E-state index contributed by atoms with van der Waals surface area (Å²) >= 11 is 0. The number of hydrogen-bond acceptors (Lipinski definition) is 8. The largest absolute Gasteiger partial charge is 0.508 e. The molecule has 3 rings (SSSR count). The van der Waals surface area contributed by atoms with Crippen LogP contribution in [-0.4, -0.2) is 74.3 Å². The molecule has 0 heterocycles. The van der Waals surface area contributed by atoms with E-state index in [9.17, 15) is 44.4 Å². The van der Waals surface area contributed by atoms with Gasteiger partial charge in [0.25, 0.3) is 0 Å². The number of phenolic OH excluding ortho intramolecular Hbond substituents is 2. The smallest absolute Gasteiger partial charge is 0.326 e. The summed E-state index contributed by atoms with van der Waals surface area (Å²) in [5, 5.41) is 45.5. The van der Waals surface area contributed by atoms with Crippen LogP contribution in [0.15, 0.2) is 78.9 Å². The van der Waals surface area contributed by atoms with Crippen molar-refractivity contribution in [1.82, 2.24) is 16.0 Å². The number of nitrogens with two attached hydrogens (primary N) is 1. The minimum Gasteiger partial charge on any atom is -0.508 e. The summed E-state index contributed by atoms with van der Waals surface area (Å²) in [7, 11) is 0. The lowest BCUT2D eigenvalue weighted by Crippen LogP contribution is -2.58. The van der Waals surface area contributed by atoms with E-state index in [1.54, 1.807) is 42.5 Å². The van der Waals surface area contributed by atoms with E-state index in [0.29, 0.717) is 16.7 Å². The number of carbonyl (C=O) groups is 5. The zero-order chi connectivity index (χ0) is 32.9. The van der Waals surface area contributed by atoms with E-state index in [-0.39, 0.29) is 37.2 Å². The highest BCUT2D eigenvalue weighted by Gasteiger charge is 2.31. The first kappa shape index (κ1) is 34.1.